The van der Waals surface area contributed by atoms with Crippen LogP contribution in [-0.2, 0) is 11.8 Å². The quantitative estimate of drug-likeness (QED) is 0.719. The molecule has 0 aromatic carbocycles. The fraction of sp³-hybridized carbons (Fsp3) is 0.444. The van der Waals surface area contributed by atoms with E-state index in [1.165, 1.54) is 0 Å². The summed E-state index contributed by atoms with van der Waals surface area (Å²) in [5.41, 5.74) is 6.17. The van der Waals surface area contributed by atoms with Gasteiger partial charge in [0.1, 0.15) is 17.5 Å². The van der Waals surface area contributed by atoms with Gasteiger partial charge in [-0.15, -0.1) is 0 Å². The highest BCUT2D eigenvalue weighted by Gasteiger charge is 2.11. The van der Waals surface area contributed by atoms with Crippen molar-refractivity contribution in [3.63, 3.8) is 0 Å². The number of rotatable bonds is 4. The van der Waals surface area contributed by atoms with Crippen LogP contribution in [0.15, 0.2) is 0 Å². The smallest absolute Gasteiger partial charge is 0.219 e. The predicted octanol–water partition coefficient (Wildman–Crippen LogP) is -0.112. The maximum Gasteiger partial charge on any atom is 0.219 e. The molecule has 1 amide bonds. The molecule has 0 bridgehead atoms. The summed E-state index contributed by atoms with van der Waals surface area (Å²) in [6.45, 7) is 2.17. The van der Waals surface area contributed by atoms with Gasteiger partial charge in [-0.2, -0.15) is 10.4 Å². The first-order chi connectivity index (χ1) is 7.06. The Morgan fingerprint density at radius 1 is 1.73 bits per heavy atom. The second-order valence-electron chi connectivity index (χ2n) is 3.19. The zero-order valence-corrected chi connectivity index (χ0v) is 8.74. The summed E-state index contributed by atoms with van der Waals surface area (Å²) < 4.78 is 1.58. The number of carbonyl (C=O) groups excluding carboxylic acids is 1. The van der Waals surface area contributed by atoms with Gasteiger partial charge in [0, 0.05) is 20.0 Å². The monoisotopic (exact) mass is 207 g/mol. The summed E-state index contributed by atoms with van der Waals surface area (Å²) in [6, 6.07) is 2.06. The van der Waals surface area contributed by atoms with E-state index in [-0.39, 0.29) is 12.3 Å². The van der Waals surface area contributed by atoms with Crippen molar-refractivity contribution >= 4 is 11.7 Å². The van der Waals surface area contributed by atoms with Crippen molar-refractivity contribution in [3.05, 3.63) is 11.3 Å². The summed E-state index contributed by atoms with van der Waals surface area (Å²) in [5.74, 6) is 0.246. The van der Waals surface area contributed by atoms with Crippen molar-refractivity contribution in [3.8, 4) is 6.07 Å². The van der Waals surface area contributed by atoms with Gasteiger partial charge in [-0.05, 0) is 6.92 Å². The number of aryl methyl sites for hydroxylation is 2. The number of aromatic nitrogens is 2. The summed E-state index contributed by atoms with van der Waals surface area (Å²) in [4.78, 5) is 10.5. The van der Waals surface area contributed by atoms with Crippen LogP contribution in [0.2, 0.25) is 0 Å². The van der Waals surface area contributed by atoms with Crippen LogP contribution in [0.4, 0.5) is 5.82 Å². The second-order valence-corrected chi connectivity index (χ2v) is 3.19. The fourth-order valence-corrected chi connectivity index (χ4v) is 1.30. The summed E-state index contributed by atoms with van der Waals surface area (Å²) in [5, 5.41) is 15.9. The van der Waals surface area contributed by atoms with Crippen LogP contribution in [0.3, 0.4) is 0 Å². The van der Waals surface area contributed by atoms with Crippen LogP contribution in [0.1, 0.15) is 17.7 Å². The van der Waals surface area contributed by atoms with Crippen molar-refractivity contribution in [2.24, 2.45) is 12.8 Å². The van der Waals surface area contributed by atoms with Gasteiger partial charge in [-0.1, -0.05) is 0 Å². The number of nitriles is 1. The van der Waals surface area contributed by atoms with Crippen molar-refractivity contribution in [2.75, 3.05) is 11.9 Å². The highest BCUT2D eigenvalue weighted by molar-refractivity contribution is 5.74. The Balaban J connectivity index is 2.76. The Hall–Kier alpha value is -2.03. The minimum Gasteiger partial charge on any atom is -0.370 e. The molecule has 0 aliphatic carbocycles. The molecule has 1 rings (SSSR count). The number of anilines is 1. The van der Waals surface area contributed by atoms with Crippen LogP contribution >= 0.6 is 0 Å². The molecule has 80 valence electrons. The van der Waals surface area contributed by atoms with Crippen LogP contribution in [0, 0.1) is 18.3 Å². The minimum absolute atomic E-state index is 0.231. The predicted molar refractivity (Wildman–Crippen MR) is 55.0 cm³/mol. The van der Waals surface area contributed by atoms with E-state index in [1.54, 1.807) is 18.7 Å². The zero-order valence-electron chi connectivity index (χ0n) is 8.74. The van der Waals surface area contributed by atoms with E-state index in [9.17, 15) is 4.79 Å². The average Bonchev–Trinajstić information content (AvgIpc) is 2.41. The molecule has 0 fully saturated rings. The van der Waals surface area contributed by atoms with Crippen LogP contribution in [-0.4, -0.2) is 22.2 Å². The molecule has 0 unspecified atom stereocenters. The molecule has 0 saturated carbocycles. The highest BCUT2D eigenvalue weighted by atomic mass is 16.1. The van der Waals surface area contributed by atoms with Crippen LogP contribution in [0.5, 0.6) is 0 Å². The number of nitrogens with one attached hydrogen (secondary N) is 1. The van der Waals surface area contributed by atoms with Crippen molar-refractivity contribution in [1.82, 2.24) is 9.78 Å². The first-order valence-corrected chi connectivity index (χ1v) is 4.52. The Morgan fingerprint density at radius 3 is 2.93 bits per heavy atom. The molecular weight excluding hydrogens is 194 g/mol. The molecule has 0 saturated heterocycles. The Kier molecular flexibility index (Phi) is 3.29. The first kappa shape index (κ1) is 11.0. The average molecular weight is 207 g/mol. The molecule has 0 spiro atoms. The maximum atomic E-state index is 10.5. The third-order valence-electron chi connectivity index (χ3n) is 2.00. The highest BCUT2D eigenvalue weighted by Crippen LogP contribution is 2.16. The molecule has 1 heterocycles. The lowest BCUT2D eigenvalue weighted by Gasteiger charge is -2.04. The molecule has 6 heteroatoms. The van der Waals surface area contributed by atoms with Crippen molar-refractivity contribution < 1.29 is 4.79 Å². The zero-order chi connectivity index (χ0) is 11.4. The molecule has 3 N–H and O–H groups in total. The summed E-state index contributed by atoms with van der Waals surface area (Å²) in [7, 11) is 1.74. The fourth-order valence-electron chi connectivity index (χ4n) is 1.30. The molecule has 1 aromatic rings. The molecule has 0 radical (unpaired) electrons. The molecule has 1 aromatic heterocycles. The maximum absolute atomic E-state index is 10.5. The number of hydrogen-bond donors (Lipinski definition) is 2. The normalized spacial score (nSPS) is 9.67. The van der Waals surface area contributed by atoms with Gasteiger partial charge in [-0.3, -0.25) is 9.48 Å². The standard InChI is InChI=1S/C9H13N5O/c1-6-7(5-10)9(14(2)13-6)12-4-3-8(11)15/h12H,3-4H2,1-2H3,(H2,11,15). The van der Waals surface area contributed by atoms with E-state index >= 15 is 0 Å². The summed E-state index contributed by atoms with van der Waals surface area (Å²) in [6.07, 6.45) is 0.231. The van der Waals surface area contributed by atoms with Gasteiger partial charge in [0.15, 0.2) is 0 Å². The van der Waals surface area contributed by atoms with E-state index in [1.807, 2.05) is 0 Å². The number of primary amides is 1. The molecule has 6 nitrogen and oxygen atoms in total. The number of nitrogens with zero attached hydrogens (tertiary/aromatic N) is 3. The third-order valence-corrected chi connectivity index (χ3v) is 2.00. The molecule has 0 atom stereocenters. The number of amides is 1. The Labute approximate surface area is 87.7 Å². The van der Waals surface area contributed by atoms with Gasteiger partial charge in [-0.25, -0.2) is 0 Å². The van der Waals surface area contributed by atoms with Gasteiger partial charge >= 0.3 is 0 Å². The lowest BCUT2D eigenvalue weighted by Crippen LogP contribution is -2.17. The van der Waals surface area contributed by atoms with Gasteiger partial charge < -0.3 is 11.1 Å². The van der Waals surface area contributed by atoms with E-state index < -0.39 is 0 Å². The lowest BCUT2D eigenvalue weighted by atomic mass is 10.2. The van der Waals surface area contributed by atoms with E-state index in [4.69, 9.17) is 11.0 Å². The lowest BCUT2D eigenvalue weighted by molar-refractivity contribution is -0.117. The minimum atomic E-state index is -0.375. The number of carbonyl (C=O) groups is 1. The molecular formula is C9H13N5O. The largest absolute Gasteiger partial charge is 0.370 e. The SMILES string of the molecule is Cc1nn(C)c(NCCC(N)=O)c1C#N. The van der Waals surface area contributed by atoms with E-state index in [0.29, 0.717) is 23.6 Å². The molecule has 15 heavy (non-hydrogen) atoms. The number of hydrogen-bond acceptors (Lipinski definition) is 4. The topological polar surface area (TPSA) is 96.7 Å². The van der Waals surface area contributed by atoms with Gasteiger partial charge in [0.05, 0.1) is 5.69 Å². The van der Waals surface area contributed by atoms with Crippen LogP contribution < -0.4 is 11.1 Å². The first-order valence-electron chi connectivity index (χ1n) is 4.52. The van der Waals surface area contributed by atoms with Crippen LogP contribution in [0.25, 0.3) is 0 Å². The molecule has 0 aliphatic heterocycles. The van der Waals surface area contributed by atoms with Crippen molar-refractivity contribution in [2.45, 2.75) is 13.3 Å². The van der Waals surface area contributed by atoms with Gasteiger partial charge in [0.2, 0.25) is 5.91 Å². The van der Waals surface area contributed by atoms with Crippen molar-refractivity contribution in [1.29, 1.82) is 5.26 Å². The number of nitrogens with two attached hydrogens (primary N) is 1. The second kappa shape index (κ2) is 4.46. The summed E-state index contributed by atoms with van der Waals surface area (Å²) >= 11 is 0. The Morgan fingerprint density at radius 2 is 2.40 bits per heavy atom. The Bertz CT molecular complexity index is 415. The van der Waals surface area contributed by atoms with E-state index in [2.05, 4.69) is 16.5 Å². The van der Waals surface area contributed by atoms with E-state index in [0.717, 1.165) is 0 Å². The third kappa shape index (κ3) is 2.47. The molecule has 0 aliphatic rings. The van der Waals surface area contributed by atoms with Gasteiger partial charge in [0.25, 0.3) is 0 Å².